The molecular weight excluding hydrogens is 322 g/mol. The van der Waals surface area contributed by atoms with Crippen molar-refractivity contribution in [3.63, 3.8) is 0 Å². The van der Waals surface area contributed by atoms with Gasteiger partial charge >= 0.3 is 0 Å². The second-order valence-corrected chi connectivity index (χ2v) is 6.96. The number of H-pyrrole nitrogens is 1. The number of aryl methyl sites for hydroxylation is 2. The average Bonchev–Trinajstić information content (AvgIpc) is 3.16. The molecule has 0 aliphatic carbocycles. The predicted octanol–water partition coefficient (Wildman–Crippen LogP) is 1.21. The van der Waals surface area contributed by atoms with Crippen molar-refractivity contribution < 1.29 is 17.4 Å². The second kappa shape index (κ2) is 5.84. The molecule has 3 heterocycles. The summed E-state index contributed by atoms with van der Waals surface area (Å²) < 4.78 is 33.4. The number of pyridine rings is 1. The van der Waals surface area contributed by atoms with Gasteiger partial charge in [-0.3, -0.25) is 4.79 Å². The molecule has 0 saturated heterocycles. The zero-order valence-electron chi connectivity index (χ0n) is 12.1. The summed E-state index contributed by atoms with van der Waals surface area (Å²) in [5, 5.41) is 3.74. The van der Waals surface area contributed by atoms with E-state index in [1.165, 1.54) is 6.07 Å². The van der Waals surface area contributed by atoms with Crippen LogP contribution in [0.5, 0.6) is 0 Å². The van der Waals surface area contributed by atoms with Crippen LogP contribution in [0.2, 0.25) is 0 Å². The number of furan rings is 1. The molecule has 3 aromatic rings. The fourth-order valence-electron chi connectivity index (χ4n) is 1.99. The van der Waals surface area contributed by atoms with Gasteiger partial charge in [-0.05, 0) is 18.2 Å². The highest BCUT2D eigenvalue weighted by Crippen LogP contribution is 2.16. The Bertz CT molecular complexity index is 970. The van der Waals surface area contributed by atoms with Crippen LogP contribution < -0.4 is 5.56 Å². The Morgan fingerprint density at radius 3 is 2.83 bits per heavy atom. The smallest absolute Gasteiger partial charge is 0.259 e. The van der Waals surface area contributed by atoms with Crippen molar-refractivity contribution in [1.82, 2.24) is 15.1 Å². The van der Waals surface area contributed by atoms with Gasteiger partial charge in [0.25, 0.3) is 5.56 Å². The van der Waals surface area contributed by atoms with Gasteiger partial charge in [-0.25, -0.2) is 8.42 Å². The summed E-state index contributed by atoms with van der Waals surface area (Å²) >= 11 is 0. The molecule has 0 unspecified atom stereocenters. The third-order valence-electron chi connectivity index (χ3n) is 3.18. The van der Waals surface area contributed by atoms with Gasteiger partial charge in [0.2, 0.25) is 11.7 Å². The lowest BCUT2D eigenvalue weighted by Crippen LogP contribution is -2.11. The Labute approximate surface area is 131 Å². The molecule has 0 spiro atoms. The van der Waals surface area contributed by atoms with Gasteiger partial charge in [-0.1, -0.05) is 5.16 Å². The van der Waals surface area contributed by atoms with E-state index in [1.54, 1.807) is 12.3 Å². The molecule has 0 atom stereocenters. The van der Waals surface area contributed by atoms with Crippen LogP contribution in [0, 0.1) is 0 Å². The van der Waals surface area contributed by atoms with Crippen molar-refractivity contribution in [1.29, 1.82) is 0 Å². The van der Waals surface area contributed by atoms with E-state index in [0.29, 0.717) is 18.7 Å². The number of hydrogen-bond donors (Lipinski definition) is 1. The molecule has 0 saturated carbocycles. The zero-order valence-corrected chi connectivity index (χ0v) is 13.0. The second-order valence-electron chi connectivity index (χ2n) is 4.94. The van der Waals surface area contributed by atoms with Crippen LogP contribution in [-0.2, 0) is 22.7 Å². The molecule has 3 rings (SSSR count). The predicted molar refractivity (Wildman–Crippen MR) is 79.6 cm³/mol. The number of nitrogens with zero attached hydrogens (tertiary/aromatic N) is 2. The van der Waals surface area contributed by atoms with E-state index in [0.717, 1.165) is 18.2 Å². The van der Waals surface area contributed by atoms with Crippen LogP contribution in [0.1, 0.15) is 11.7 Å². The fourth-order valence-corrected chi connectivity index (χ4v) is 2.60. The molecule has 0 radical (unpaired) electrons. The topological polar surface area (TPSA) is 119 Å². The SMILES string of the molecule is CS(=O)(=O)c1c[nH]c(=O)c(-c2noc(CCc3ccco3)n2)c1. The number of aromatic amines is 1. The van der Waals surface area contributed by atoms with E-state index in [1.807, 2.05) is 6.07 Å². The van der Waals surface area contributed by atoms with Crippen molar-refractivity contribution in [3.05, 3.63) is 52.7 Å². The first-order valence-corrected chi connectivity index (χ1v) is 8.61. The van der Waals surface area contributed by atoms with Gasteiger partial charge in [-0.2, -0.15) is 4.98 Å². The maximum absolute atomic E-state index is 11.9. The largest absolute Gasteiger partial charge is 0.469 e. The van der Waals surface area contributed by atoms with Gasteiger partial charge in [-0.15, -0.1) is 0 Å². The summed E-state index contributed by atoms with van der Waals surface area (Å²) in [5.41, 5.74) is -0.447. The Hall–Kier alpha value is -2.68. The summed E-state index contributed by atoms with van der Waals surface area (Å²) in [7, 11) is -3.45. The third-order valence-corrected chi connectivity index (χ3v) is 4.27. The number of nitrogens with one attached hydrogen (secondary N) is 1. The molecule has 1 N–H and O–H groups in total. The minimum atomic E-state index is -3.45. The summed E-state index contributed by atoms with van der Waals surface area (Å²) in [6, 6.07) is 4.84. The highest BCUT2D eigenvalue weighted by molar-refractivity contribution is 7.90. The molecule has 0 aromatic carbocycles. The van der Waals surface area contributed by atoms with Gasteiger partial charge in [0.1, 0.15) is 5.76 Å². The molecule has 9 heteroatoms. The highest BCUT2D eigenvalue weighted by Gasteiger charge is 2.16. The minimum absolute atomic E-state index is 0.0194. The average molecular weight is 335 g/mol. The number of hydrogen-bond acceptors (Lipinski definition) is 7. The maximum atomic E-state index is 11.9. The molecular formula is C14H13N3O5S. The van der Waals surface area contributed by atoms with Gasteiger partial charge in [0.15, 0.2) is 9.84 Å². The summed E-state index contributed by atoms with van der Waals surface area (Å²) in [4.78, 5) is 18.3. The van der Waals surface area contributed by atoms with E-state index in [-0.39, 0.29) is 16.3 Å². The maximum Gasteiger partial charge on any atom is 0.259 e. The monoisotopic (exact) mass is 335 g/mol. The third kappa shape index (κ3) is 3.39. The number of aromatic nitrogens is 3. The van der Waals surface area contributed by atoms with E-state index in [4.69, 9.17) is 8.94 Å². The zero-order chi connectivity index (χ0) is 16.4. The van der Waals surface area contributed by atoms with Crippen LogP contribution in [0.3, 0.4) is 0 Å². The van der Waals surface area contributed by atoms with Gasteiger partial charge < -0.3 is 13.9 Å². The Balaban J connectivity index is 1.86. The Kier molecular flexibility index (Phi) is 3.87. The summed E-state index contributed by atoms with van der Waals surface area (Å²) in [6.45, 7) is 0. The minimum Gasteiger partial charge on any atom is -0.469 e. The number of sulfone groups is 1. The molecule has 0 bridgehead atoms. The molecule has 8 nitrogen and oxygen atoms in total. The molecule has 23 heavy (non-hydrogen) atoms. The van der Waals surface area contributed by atoms with Crippen LogP contribution in [0.15, 0.2) is 49.3 Å². The van der Waals surface area contributed by atoms with E-state index < -0.39 is 15.4 Å². The lowest BCUT2D eigenvalue weighted by Gasteiger charge is -1.99. The first-order chi connectivity index (χ1) is 10.9. The number of rotatable bonds is 5. The van der Waals surface area contributed by atoms with Gasteiger partial charge in [0.05, 0.1) is 16.7 Å². The lowest BCUT2D eigenvalue weighted by molar-refractivity contribution is 0.374. The van der Waals surface area contributed by atoms with Crippen molar-refractivity contribution in [2.45, 2.75) is 17.7 Å². The molecule has 0 aliphatic rings. The van der Waals surface area contributed by atoms with E-state index in [2.05, 4.69) is 15.1 Å². The molecule has 0 fully saturated rings. The lowest BCUT2D eigenvalue weighted by atomic mass is 10.2. The summed E-state index contributed by atoms with van der Waals surface area (Å²) in [6.07, 6.45) is 4.79. The standard InChI is InChI=1S/C14H13N3O5S/c1-23(19,20)10-7-11(14(18)15-8-10)13-16-12(22-17-13)5-4-9-3-2-6-21-9/h2-3,6-8H,4-5H2,1H3,(H,15,18). The quantitative estimate of drug-likeness (QED) is 0.744. The van der Waals surface area contributed by atoms with Crippen molar-refractivity contribution in [2.24, 2.45) is 0 Å². The molecule has 0 aliphatic heterocycles. The highest BCUT2D eigenvalue weighted by atomic mass is 32.2. The molecule has 120 valence electrons. The molecule has 0 amide bonds. The fraction of sp³-hybridized carbons (Fsp3) is 0.214. The van der Waals surface area contributed by atoms with Crippen molar-refractivity contribution in [3.8, 4) is 11.4 Å². The first kappa shape index (κ1) is 15.2. The van der Waals surface area contributed by atoms with Crippen LogP contribution in [0.4, 0.5) is 0 Å². The Morgan fingerprint density at radius 1 is 1.30 bits per heavy atom. The van der Waals surface area contributed by atoms with Crippen molar-refractivity contribution >= 4 is 9.84 Å². The van der Waals surface area contributed by atoms with Crippen molar-refractivity contribution in [2.75, 3.05) is 6.26 Å². The molecule has 3 aromatic heterocycles. The van der Waals surface area contributed by atoms with E-state index in [9.17, 15) is 13.2 Å². The Morgan fingerprint density at radius 2 is 2.13 bits per heavy atom. The van der Waals surface area contributed by atoms with Crippen LogP contribution >= 0.6 is 0 Å². The van der Waals surface area contributed by atoms with Gasteiger partial charge in [0, 0.05) is 25.3 Å². The van der Waals surface area contributed by atoms with Crippen LogP contribution in [0.25, 0.3) is 11.4 Å². The van der Waals surface area contributed by atoms with E-state index >= 15 is 0 Å². The normalized spacial score (nSPS) is 11.7. The summed E-state index contributed by atoms with van der Waals surface area (Å²) in [5.74, 6) is 1.16. The first-order valence-electron chi connectivity index (χ1n) is 6.71. The van der Waals surface area contributed by atoms with Crippen LogP contribution in [-0.4, -0.2) is 29.8 Å².